The summed E-state index contributed by atoms with van der Waals surface area (Å²) in [6.45, 7) is 0.673. The number of nitrogen functional groups attached to an aromatic ring is 1. The Morgan fingerprint density at radius 3 is 2.58 bits per heavy atom. The fourth-order valence-electron chi connectivity index (χ4n) is 1.87. The lowest BCUT2D eigenvalue weighted by molar-refractivity contribution is 0.625. The molecular formula is C15H16F2N2. The van der Waals surface area contributed by atoms with E-state index in [1.165, 1.54) is 18.2 Å². The predicted octanol–water partition coefficient (Wildman–Crippen LogP) is 3.23. The fourth-order valence-corrected chi connectivity index (χ4v) is 1.87. The van der Waals surface area contributed by atoms with Crippen LogP contribution in [0.25, 0.3) is 0 Å². The molecule has 0 bridgehead atoms. The molecule has 0 saturated heterocycles. The average molecular weight is 262 g/mol. The Morgan fingerprint density at radius 2 is 1.89 bits per heavy atom. The van der Waals surface area contributed by atoms with Crippen molar-refractivity contribution in [3.8, 4) is 0 Å². The summed E-state index contributed by atoms with van der Waals surface area (Å²) in [6.07, 6.45) is 0.695. The van der Waals surface area contributed by atoms with Gasteiger partial charge in [-0.05, 0) is 42.3 Å². The number of rotatable bonds is 4. The lowest BCUT2D eigenvalue weighted by Gasteiger charge is -2.19. The quantitative estimate of drug-likeness (QED) is 0.857. The molecule has 0 atom stereocenters. The van der Waals surface area contributed by atoms with Crippen LogP contribution in [-0.4, -0.2) is 13.6 Å². The summed E-state index contributed by atoms with van der Waals surface area (Å²) in [6, 6.07) is 11.2. The summed E-state index contributed by atoms with van der Waals surface area (Å²) in [7, 11) is 1.87. The van der Waals surface area contributed by atoms with Crippen molar-refractivity contribution >= 4 is 11.4 Å². The molecule has 0 aliphatic carbocycles. The SMILES string of the molecule is CN(CCc1cccc(F)c1)c1ccc(N)c(F)c1. The van der Waals surface area contributed by atoms with Gasteiger partial charge in [0.1, 0.15) is 11.6 Å². The third-order valence-electron chi connectivity index (χ3n) is 3.05. The van der Waals surface area contributed by atoms with Crippen molar-refractivity contribution in [1.29, 1.82) is 0 Å². The first-order chi connectivity index (χ1) is 9.06. The van der Waals surface area contributed by atoms with Gasteiger partial charge < -0.3 is 10.6 Å². The summed E-state index contributed by atoms with van der Waals surface area (Å²) in [4.78, 5) is 1.91. The molecule has 100 valence electrons. The Hall–Kier alpha value is -2.10. The molecule has 19 heavy (non-hydrogen) atoms. The van der Waals surface area contributed by atoms with Gasteiger partial charge in [-0.2, -0.15) is 0 Å². The van der Waals surface area contributed by atoms with Gasteiger partial charge in [-0.1, -0.05) is 12.1 Å². The van der Waals surface area contributed by atoms with Crippen molar-refractivity contribution < 1.29 is 8.78 Å². The van der Waals surface area contributed by atoms with Gasteiger partial charge in [-0.25, -0.2) is 8.78 Å². The van der Waals surface area contributed by atoms with Crippen molar-refractivity contribution in [2.45, 2.75) is 6.42 Å². The van der Waals surface area contributed by atoms with Crippen LogP contribution in [0.3, 0.4) is 0 Å². The first kappa shape index (κ1) is 13.3. The molecule has 4 heteroatoms. The summed E-state index contributed by atoms with van der Waals surface area (Å²) in [5.74, 6) is -0.659. The molecule has 0 saturated carbocycles. The smallest absolute Gasteiger partial charge is 0.148 e. The van der Waals surface area contributed by atoms with Crippen LogP contribution in [0.1, 0.15) is 5.56 Å². The molecule has 0 aliphatic rings. The minimum atomic E-state index is -0.421. The van der Waals surface area contributed by atoms with E-state index < -0.39 is 5.82 Å². The predicted molar refractivity (Wildman–Crippen MR) is 74.2 cm³/mol. The molecule has 2 nitrogen and oxygen atoms in total. The monoisotopic (exact) mass is 262 g/mol. The molecule has 0 spiro atoms. The van der Waals surface area contributed by atoms with E-state index in [1.54, 1.807) is 18.2 Å². The maximum atomic E-state index is 13.4. The van der Waals surface area contributed by atoms with Crippen molar-refractivity contribution in [2.24, 2.45) is 0 Å². The topological polar surface area (TPSA) is 29.3 Å². The Kier molecular flexibility index (Phi) is 4.00. The standard InChI is InChI=1S/C15H16F2N2/c1-19(13-5-6-15(18)14(17)10-13)8-7-11-3-2-4-12(16)9-11/h2-6,9-10H,7-8,18H2,1H3. The maximum Gasteiger partial charge on any atom is 0.148 e. The number of likely N-dealkylation sites (N-methyl/N-ethyl adjacent to an activating group) is 1. The highest BCUT2D eigenvalue weighted by molar-refractivity contribution is 5.53. The lowest BCUT2D eigenvalue weighted by Crippen LogP contribution is -2.20. The van der Waals surface area contributed by atoms with E-state index in [1.807, 2.05) is 18.0 Å². The number of benzene rings is 2. The number of hydrogen-bond donors (Lipinski definition) is 1. The zero-order chi connectivity index (χ0) is 13.8. The minimum absolute atomic E-state index is 0.141. The second-order valence-electron chi connectivity index (χ2n) is 4.51. The number of nitrogens with two attached hydrogens (primary N) is 1. The first-order valence-corrected chi connectivity index (χ1v) is 6.07. The maximum absolute atomic E-state index is 13.4. The fraction of sp³-hybridized carbons (Fsp3) is 0.200. The molecular weight excluding hydrogens is 246 g/mol. The highest BCUT2D eigenvalue weighted by atomic mass is 19.1. The molecule has 2 aromatic carbocycles. The second-order valence-corrected chi connectivity index (χ2v) is 4.51. The summed E-state index contributed by atoms with van der Waals surface area (Å²) < 4.78 is 26.4. The third kappa shape index (κ3) is 3.44. The van der Waals surface area contributed by atoms with Gasteiger partial charge in [0.05, 0.1) is 5.69 Å². The van der Waals surface area contributed by atoms with Crippen LogP contribution in [0.4, 0.5) is 20.2 Å². The average Bonchev–Trinajstić information content (AvgIpc) is 2.39. The Morgan fingerprint density at radius 1 is 1.11 bits per heavy atom. The highest BCUT2D eigenvalue weighted by Crippen LogP contribution is 2.19. The number of halogens is 2. The summed E-state index contributed by atoms with van der Waals surface area (Å²) >= 11 is 0. The molecule has 0 amide bonds. The second kappa shape index (κ2) is 5.69. The molecule has 0 fully saturated rings. The summed E-state index contributed by atoms with van der Waals surface area (Å²) in [5, 5.41) is 0. The Balaban J connectivity index is 2.01. The van der Waals surface area contributed by atoms with Crippen molar-refractivity contribution in [3.05, 3.63) is 59.7 Å². The van der Waals surface area contributed by atoms with Crippen LogP contribution < -0.4 is 10.6 Å². The molecule has 0 aliphatic heterocycles. The van der Waals surface area contributed by atoms with E-state index in [0.29, 0.717) is 13.0 Å². The molecule has 0 radical (unpaired) electrons. The minimum Gasteiger partial charge on any atom is -0.396 e. The van der Waals surface area contributed by atoms with Crippen LogP contribution in [0.15, 0.2) is 42.5 Å². The van der Waals surface area contributed by atoms with E-state index in [2.05, 4.69) is 0 Å². The lowest BCUT2D eigenvalue weighted by atomic mass is 10.1. The van der Waals surface area contributed by atoms with Gasteiger partial charge in [-0.3, -0.25) is 0 Å². The Bertz CT molecular complexity index is 570. The van der Waals surface area contributed by atoms with Gasteiger partial charge in [0.15, 0.2) is 0 Å². The van der Waals surface area contributed by atoms with Gasteiger partial charge in [0, 0.05) is 19.3 Å². The van der Waals surface area contributed by atoms with E-state index >= 15 is 0 Å². The van der Waals surface area contributed by atoms with E-state index in [4.69, 9.17) is 5.73 Å². The van der Waals surface area contributed by atoms with Gasteiger partial charge in [0.25, 0.3) is 0 Å². The largest absolute Gasteiger partial charge is 0.396 e. The van der Waals surface area contributed by atoms with Gasteiger partial charge in [-0.15, -0.1) is 0 Å². The number of nitrogens with zero attached hydrogens (tertiary/aromatic N) is 1. The molecule has 0 heterocycles. The van der Waals surface area contributed by atoms with Crippen LogP contribution in [0.5, 0.6) is 0 Å². The number of hydrogen-bond acceptors (Lipinski definition) is 2. The zero-order valence-corrected chi connectivity index (χ0v) is 10.7. The Labute approximate surface area is 111 Å². The molecule has 2 N–H and O–H groups in total. The number of anilines is 2. The van der Waals surface area contributed by atoms with E-state index in [0.717, 1.165) is 11.3 Å². The normalized spacial score (nSPS) is 10.5. The van der Waals surface area contributed by atoms with E-state index in [-0.39, 0.29) is 11.5 Å². The van der Waals surface area contributed by atoms with Crippen molar-refractivity contribution in [2.75, 3.05) is 24.2 Å². The molecule has 2 aromatic rings. The molecule has 2 rings (SSSR count). The van der Waals surface area contributed by atoms with Crippen LogP contribution in [0.2, 0.25) is 0 Å². The van der Waals surface area contributed by atoms with E-state index in [9.17, 15) is 8.78 Å². The highest BCUT2D eigenvalue weighted by Gasteiger charge is 2.05. The van der Waals surface area contributed by atoms with Crippen molar-refractivity contribution in [1.82, 2.24) is 0 Å². The van der Waals surface area contributed by atoms with Gasteiger partial charge >= 0.3 is 0 Å². The summed E-state index contributed by atoms with van der Waals surface area (Å²) in [5.41, 5.74) is 7.25. The first-order valence-electron chi connectivity index (χ1n) is 6.07. The molecule has 0 aromatic heterocycles. The van der Waals surface area contributed by atoms with Crippen LogP contribution in [-0.2, 0) is 6.42 Å². The van der Waals surface area contributed by atoms with Crippen LogP contribution in [0, 0.1) is 11.6 Å². The van der Waals surface area contributed by atoms with Crippen molar-refractivity contribution in [3.63, 3.8) is 0 Å². The zero-order valence-electron chi connectivity index (χ0n) is 10.7. The molecule has 0 unspecified atom stereocenters. The van der Waals surface area contributed by atoms with Crippen LogP contribution >= 0.6 is 0 Å². The van der Waals surface area contributed by atoms with Gasteiger partial charge in [0.2, 0.25) is 0 Å². The third-order valence-corrected chi connectivity index (χ3v) is 3.05.